The van der Waals surface area contributed by atoms with Crippen LogP contribution in [0.25, 0.3) is 0 Å². The number of nitrogens with two attached hydrogens (primary N) is 1. The van der Waals surface area contributed by atoms with Crippen molar-refractivity contribution >= 4 is 17.2 Å². The zero-order valence-corrected chi connectivity index (χ0v) is 13.0. The number of carbonyl (C=O) groups excluding carboxylic acids is 1. The molecule has 0 saturated heterocycles. The molecule has 0 saturated carbocycles. The van der Waals surface area contributed by atoms with Gasteiger partial charge >= 0.3 is 0 Å². The summed E-state index contributed by atoms with van der Waals surface area (Å²) in [6.07, 6.45) is 4.65. The van der Waals surface area contributed by atoms with Gasteiger partial charge in [-0.1, -0.05) is 11.3 Å². The predicted octanol–water partition coefficient (Wildman–Crippen LogP) is 1.50. The predicted molar refractivity (Wildman–Crippen MR) is 82.9 cm³/mol. The Morgan fingerprint density at radius 1 is 1.52 bits per heavy atom. The van der Waals surface area contributed by atoms with Gasteiger partial charge < -0.3 is 11.1 Å². The van der Waals surface area contributed by atoms with Crippen LogP contribution in [0.15, 0.2) is 23.7 Å². The lowest BCUT2D eigenvalue weighted by Gasteiger charge is -2.11. The van der Waals surface area contributed by atoms with Gasteiger partial charge in [-0.05, 0) is 44.2 Å². The highest BCUT2D eigenvalue weighted by Gasteiger charge is 2.11. The van der Waals surface area contributed by atoms with Crippen molar-refractivity contribution in [3.63, 3.8) is 0 Å². The van der Waals surface area contributed by atoms with Crippen molar-refractivity contribution in [1.29, 1.82) is 0 Å². The molecule has 0 bridgehead atoms. The topological polar surface area (TPSA) is 85.8 Å². The van der Waals surface area contributed by atoms with E-state index in [1.54, 1.807) is 16.0 Å². The number of aromatic nitrogens is 3. The number of hydrogen-bond acceptors (Lipinski definition) is 5. The molecular formula is C14H21N5OS. The average molecular weight is 307 g/mol. The summed E-state index contributed by atoms with van der Waals surface area (Å²) < 4.78 is 1.58. The third-order valence-electron chi connectivity index (χ3n) is 3.13. The minimum Gasteiger partial charge on any atom is -0.347 e. The van der Waals surface area contributed by atoms with Crippen LogP contribution in [0.1, 0.15) is 36.4 Å². The van der Waals surface area contributed by atoms with Crippen LogP contribution in [-0.2, 0) is 17.8 Å². The first-order valence-corrected chi connectivity index (χ1v) is 7.99. The molecule has 0 fully saturated rings. The Morgan fingerprint density at radius 3 is 3.10 bits per heavy atom. The highest BCUT2D eigenvalue weighted by atomic mass is 32.1. The van der Waals surface area contributed by atoms with E-state index < -0.39 is 0 Å². The lowest BCUT2D eigenvalue weighted by atomic mass is 10.2. The minimum atomic E-state index is -0.0608. The van der Waals surface area contributed by atoms with E-state index in [1.807, 2.05) is 30.6 Å². The molecule has 3 N–H and O–H groups in total. The Labute approximate surface area is 128 Å². The average Bonchev–Trinajstić information content (AvgIpc) is 3.10. The molecule has 21 heavy (non-hydrogen) atoms. The van der Waals surface area contributed by atoms with Gasteiger partial charge in [0.2, 0.25) is 5.91 Å². The number of rotatable bonds is 8. The molecule has 114 valence electrons. The fraction of sp³-hybridized carbons (Fsp3) is 0.500. The zero-order valence-electron chi connectivity index (χ0n) is 12.2. The molecule has 0 radical (unpaired) electrons. The Morgan fingerprint density at radius 2 is 2.38 bits per heavy atom. The van der Waals surface area contributed by atoms with Crippen LogP contribution >= 0.6 is 11.3 Å². The van der Waals surface area contributed by atoms with E-state index in [2.05, 4.69) is 15.6 Å². The van der Waals surface area contributed by atoms with Gasteiger partial charge in [-0.3, -0.25) is 4.79 Å². The van der Waals surface area contributed by atoms with Crippen molar-refractivity contribution in [2.45, 2.75) is 38.8 Å². The van der Waals surface area contributed by atoms with Crippen LogP contribution in [0.3, 0.4) is 0 Å². The number of aryl methyl sites for hydroxylation is 1. The van der Waals surface area contributed by atoms with E-state index in [1.165, 1.54) is 0 Å². The van der Waals surface area contributed by atoms with Crippen LogP contribution in [0.5, 0.6) is 0 Å². The molecule has 2 rings (SSSR count). The van der Waals surface area contributed by atoms with E-state index in [-0.39, 0.29) is 18.5 Å². The molecule has 1 unspecified atom stereocenters. The van der Waals surface area contributed by atoms with Crippen molar-refractivity contribution in [2.75, 3.05) is 6.54 Å². The first-order chi connectivity index (χ1) is 10.2. The number of nitrogens with one attached hydrogen (secondary N) is 1. The van der Waals surface area contributed by atoms with Gasteiger partial charge in [-0.2, -0.15) is 0 Å². The van der Waals surface area contributed by atoms with E-state index in [0.29, 0.717) is 6.54 Å². The van der Waals surface area contributed by atoms with Crippen LogP contribution in [0, 0.1) is 0 Å². The number of hydrogen-bond donors (Lipinski definition) is 2. The zero-order chi connectivity index (χ0) is 15.1. The second-order valence-electron chi connectivity index (χ2n) is 4.96. The van der Waals surface area contributed by atoms with Gasteiger partial charge in [0, 0.05) is 11.1 Å². The maximum absolute atomic E-state index is 12.0. The summed E-state index contributed by atoms with van der Waals surface area (Å²) in [5.41, 5.74) is 6.36. The summed E-state index contributed by atoms with van der Waals surface area (Å²) >= 11 is 1.63. The molecule has 2 aromatic heterocycles. The normalized spacial score (nSPS) is 12.3. The first kappa shape index (κ1) is 15.7. The molecule has 0 aromatic carbocycles. The fourth-order valence-electron chi connectivity index (χ4n) is 2.02. The molecule has 0 aliphatic carbocycles. The van der Waals surface area contributed by atoms with Gasteiger partial charge in [0.05, 0.1) is 11.7 Å². The number of thiophene rings is 1. The molecule has 1 amide bonds. The van der Waals surface area contributed by atoms with Gasteiger partial charge in [0.25, 0.3) is 0 Å². The van der Waals surface area contributed by atoms with Gasteiger partial charge in [-0.15, -0.1) is 16.4 Å². The Bertz CT molecular complexity index is 551. The lowest BCUT2D eigenvalue weighted by molar-refractivity contribution is -0.122. The second-order valence-corrected chi connectivity index (χ2v) is 5.94. The molecular weight excluding hydrogens is 286 g/mol. The Kier molecular flexibility index (Phi) is 5.89. The van der Waals surface area contributed by atoms with E-state index in [9.17, 15) is 4.79 Å². The van der Waals surface area contributed by atoms with E-state index >= 15 is 0 Å². The van der Waals surface area contributed by atoms with Crippen molar-refractivity contribution in [2.24, 2.45) is 5.73 Å². The maximum Gasteiger partial charge on any atom is 0.242 e. The highest BCUT2D eigenvalue weighted by molar-refractivity contribution is 7.10. The number of nitrogens with zero attached hydrogens (tertiary/aromatic N) is 3. The molecule has 2 heterocycles. The SMILES string of the molecule is CC(NC(=O)Cn1cc(CCCCN)nn1)c1cccs1. The Hall–Kier alpha value is -1.73. The van der Waals surface area contributed by atoms with Crippen LogP contribution in [-0.4, -0.2) is 27.4 Å². The first-order valence-electron chi connectivity index (χ1n) is 7.11. The summed E-state index contributed by atoms with van der Waals surface area (Å²) in [6, 6.07) is 4.01. The lowest BCUT2D eigenvalue weighted by Crippen LogP contribution is -2.29. The number of amides is 1. The molecule has 7 heteroatoms. The standard InChI is InChI=1S/C14H21N5OS/c1-11(13-6-4-8-21-13)16-14(20)10-19-9-12(17-18-19)5-2-3-7-15/h4,6,8-9,11H,2-3,5,7,10,15H2,1H3,(H,16,20). The summed E-state index contributed by atoms with van der Waals surface area (Å²) in [7, 11) is 0. The van der Waals surface area contributed by atoms with Crippen molar-refractivity contribution in [1.82, 2.24) is 20.3 Å². The number of carbonyl (C=O) groups is 1. The summed E-state index contributed by atoms with van der Waals surface area (Å²) in [4.78, 5) is 13.1. The van der Waals surface area contributed by atoms with E-state index in [0.717, 1.165) is 29.8 Å². The number of unbranched alkanes of at least 4 members (excludes halogenated alkanes) is 1. The highest BCUT2D eigenvalue weighted by Crippen LogP contribution is 2.17. The molecule has 2 aromatic rings. The monoisotopic (exact) mass is 307 g/mol. The van der Waals surface area contributed by atoms with Crippen LogP contribution < -0.4 is 11.1 Å². The quantitative estimate of drug-likeness (QED) is 0.724. The van der Waals surface area contributed by atoms with Crippen LogP contribution in [0.4, 0.5) is 0 Å². The molecule has 0 spiro atoms. The smallest absolute Gasteiger partial charge is 0.242 e. The van der Waals surface area contributed by atoms with Crippen molar-refractivity contribution in [3.05, 3.63) is 34.3 Å². The Balaban J connectivity index is 1.80. The van der Waals surface area contributed by atoms with E-state index in [4.69, 9.17) is 5.73 Å². The molecule has 6 nitrogen and oxygen atoms in total. The van der Waals surface area contributed by atoms with Gasteiger partial charge in [-0.25, -0.2) is 4.68 Å². The molecule has 0 aliphatic rings. The summed E-state index contributed by atoms with van der Waals surface area (Å²) in [5.74, 6) is -0.0608. The van der Waals surface area contributed by atoms with Crippen LogP contribution in [0.2, 0.25) is 0 Å². The minimum absolute atomic E-state index is 0.0186. The third-order valence-corrected chi connectivity index (χ3v) is 4.18. The van der Waals surface area contributed by atoms with Crippen molar-refractivity contribution in [3.8, 4) is 0 Å². The van der Waals surface area contributed by atoms with Gasteiger partial charge in [0.15, 0.2) is 0 Å². The summed E-state index contributed by atoms with van der Waals surface area (Å²) in [6.45, 7) is 2.86. The largest absolute Gasteiger partial charge is 0.347 e. The molecule has 0 aliphatic heterocycles. The van der Waals surface area contributed by atoms with Crippen molar-refractivity contribution < 1.29 is 4.79 Å². The third kappa shape index (κ3) is 4.95. The molecule has 1 atom stereocenters. The fourth-order valence-corrected chi connectivity index (χ4v) is 2.76. The maximum atomic E-state index is 12.0. The second kappa shape index (κ2) is 7.90. The summed E-state index contributed by atoms with van der Waals surface area (Å²) in [5, 5.41) is 13.0. The van der Waals surface area contributed by atoms with Gasteiger partial charge in [0.1, 0.15) is 6.54 Å².